The molecule has 4 nitrogen and oxygen atoms in total. The van der Waals surface area contributed by atoms with Crippen molar-refractivity contribution in [1.29, 1.82) is 0 Å². The van der Waals surface area contributed by atoms with Crippen molar-refractivity contribution in [2.24, 2.45) is 0 Å². The summed E-state index contributed by atoms with van der Waals surface area (Å²) in [5.74, 6) is 2.11. The molecule has 0 fully saturated rings. The Balaban J connectivity index is 1.79. The summed E-state index contributed by atoms with van der Waals surface area (Å²) in [5, 5.41) is 9.50. The zero-order chi connectivity index (χ0) is 18.4. The molecule has 0 spiro atoms. The summed E-state index contributed by atoms with van der Waals surface area (Å²) < 4.78 is 11.0. The smallest absolute Gasteiger partial charge is 0.132 e. The van der Waals surface area contributed by atoms with Crippen molar-refractivity contribution in [1.82, 2.24) is 4.90 Å². The highest BCUT2D eigenvalue weighted by molar-refractivity contribution is 7.98. The third-order valence-electron chi connectivity index (χ3n) is 4.16. The standard InChI is InChI=1S/C21H23NO3S/c1-24-20-12-17(7-10-21(20)26-2)14-22(15-19-4-3-11-25-19)13-16-5-8-18(23)9-6-16/h3-12,23H,13-15H2,1-2H3. The van der Waals surface area contributed by atoms with Crippen LogP contribution in [0.4, 0.5) is 0 Å². The molecule has 0 saturated heterocycles. The minimum absolute atomic E-state index is 0.281. The number of benzene rings is 2. The summed E-state index contributed by atoms with van der Waals surface area (Å²) in [7, 11) is 1.70. The van der Waals surface area contributed by atoms with Crippen molar-refractivity contribution in [3.8, 4) is 11.5 Å². The lowest BCUT2D eigenvalue weighted by molar-refractivity contribution is 0.226. The molecule has 0 aliphatic heterocycles. The molecule has 0 amide bonds. The Kier molecular flexibility index (Phi) is 6.26. The third kappa shape index (κ3) is 4.84. The van der Waals surface area contributed by atoms with Crippen LogP contribution in [-0.2, 0) is 19.6 Å². The first-order chi connectivity index (χ1) is 12.7. The number of nitrogens with zero attached hydrogens (tertiary/aromatic N) is 1. The highest BCUT2D eigenvalue weighted by Crippen LogP contribution is 2.29. The fraction of sp³-hybridized carbons (Fsp3) is 0.238. The third-order valence-corrected chi connectivity index (χ3v) is 4.93. The quantitative estimate of drug-likeness (QED) is 0.571. The van der Waals surface area contributed by atoms with E-state index in [0.717, 1.165) is 35.1 Å². The van der Waals surface area contributed by atoms with E-state index in [0.29, 0.717) is 6.54 Å². The van der Waals surface area contributed by atoms with Gasteiger partial charge in [-0.05, 0) is 53.8 Å². The Labute approximate surface area is 158 Å². The van der Waals surface area contributed by atoms with Gasteiger partial charge in [0.15, 0.2) is 0 Å². The molecule has 0 radical (unpaired) electrons. The van der Waals surface area contributed by atoms with E-state index in [9.17, 15) is 5.11 Å². The van der Waals surface area contributed by atoms with E-state index in [1.807, 2.05) is 30.5 Å². The van der Waals surface area contributed by atoms with Gasteiger partial charge in [-0.2, -0.15) is 0 Å². The number of aromatic hydroxyl groups is 1. The first-order valence-electron chi connectivity index (χ1n) is 8.41. The fourth-order valence-electron chi connectivity index (χ4n) is 2.89. The van der Waals surface area contributed by atoms with Crippen LogP contribution in [0.25, 0.3) is 0 Å². The highest BCUT2D eigenvalue weighted by Gasteiger charge is 2.12. The Bertz CT molecular complexity index is 816. The number of thioether (sulfide) groups is 1. The van der Waals surface area contributed by atoms with Gasteiger partial charge < -0.3 is 14.3 Å². The van der Waals surface area contributed by atoms with Crippen molar-refractivity contribution in [3.63, 3.8) is 0 Å². The first kappa shape index (κ1) is 18.4. The van der Waals surface area contributed by atoms with Gasteiger partial charge in [0.1, 0.15) is 17.3 Å². The van der Waals surface area contributed by atoms with E-state index in [2.05, 4.69) is 23.1 Å². The number of phenols is 1. The van der Waals surface area contributed by atoms with Gasteiger partial charge in [-0.1, -0.05) is 18.2 Å². The Morgan fingerprint density at radius 3 is 2.38 bits per heavy atom. The van der Waals surface area contributed by atoms with Crippen LogP contribution in [0, 0.1) is 0 Å². The molecule has 26 heavy (non-hydrogen) atoms. The molecule has 0 aliphatic rings. The fourth-order valence-corrected chi connectivity index (χ4v) is 3.43. The van der Waals surface area contributed by atoms with Crippen LogP contribution >= 0.6 is 11.8 Å². The van der Waals surface area contributed by atoms with Crippen molar-refractivity contribution in [2.75, 3.05) is 13.4 Å². The zero-order valence-electron chi connectivity index (χ0n) is 15.0. The summed E-state index contributed by atoms with van der Waals surface area (Å²) >= 11 is 1.68. The van der Waals surface area contributed by atoms with E-state index < -0.39 is 0 Å². The van der Waals surface area contributed by atoms with Gasteiger partial charge in [-0.3, -0.25) is 4.90 Å². The topological polar surface area (TPSA) is 45.8 Å². The second-order valence-corrected chi connectivity index (χ2v) is 6.93. The number of phenolic OH excluding ortho intramolecular Hbond substituents is 1. The number of hydrogen-bond donors (Lipinski definition) is 1. The van der Waals surface area contributed by atoms with Gasteiger partial charge in [0, 0.05) is 18.0 Å². The summed E-state index contributed by atoms with van der Waals surface area (Å²) in [5.41, 5.74) is 2.33. The average molecular weight is 369 g/mol. The molecule has 1 aromatic heterocycles. The molecule has 136 valence electrons. The SMILES string of the molecule is COc1cc(CN(Cc2ccc(O)cc2)Cc2ccco2)ccc1SC. The van der Waals surface area contributed by atoms with Gasteiger partial charge >= 0.3 is 0 Å². The average Bonchev–Trinajstić information content (AvgIpc) is 3.16. The maximum atomic E-state index is 9.50. The van der Waals surface area contributed by atoms with Crippen molar-refractivity contribution in [3.05, 3.63) is 77.7 Å². The molecule has 3 aromatic rings. The first-order valence-corrected chi connectivity index (χ1v) is 9.64. The second kappa shape index (κ2) is 8.83. The Hall–Kier alpha value is -2.37. The lowest BCUT2D eigenvalue weighted by Crippen LogP contribution is -2.22. The van der Waals surface area contributed by atoms with Gasteiger partial charge in [-0.25, -0.2) is 0 Å². The minimum atomic E-state index is 0.281. The van der Waals surface area contributed by atoms with Crippen molar-refractivity contribution in [2.45, 2.75) is 24.5 Å². The Morgan fingerprint density at radius 1 is 1.00 bits per heavy atom. The van der Waals surface area contributed by atoms with Gasteiger partial charge in [0.2, 0.25) is 0 Å². The highest BCUT2D eigenvalue weighted by atomic mass is 32.2. The predicted octanol–water partition coefficient (Wildman–Crippen LogP) is 4.92. The number of rotatable bonds is 8. The molecule has 0 unspecified atom stereocenters. The molecule has 1 N–H and O–H groups in total. The second-order valence-electron chi connectivity index (χ2n) is 6.08. The molecular formula is C21H23NO3S. The number of ether oxygens (including phenoxy) is 1. The lowest BCUT2D eigenvalue weighted by Gasteiger charge is -2.22. The van der Waals surface area contributed by atoms with E-state index >= 15 is 0 Å². The van der Waals surface area contributed by atoms with Crippen LogP contribution in [0.2, 0.25) is 0 Å². The molecule has 3 rings (SSSR count). The van der Waals surface area contributed by atoms with E-state index in [1.54, 1.807) is 37.3 Å². The molecular weight excluding hydrogens is 346 g/mol. The molecule has 0 saturated carbocycles. The van der Waals surface area contributed by atoms with Crippen molar-refractivity contribution >= 4 is 11.8 Å². The molecule has 1 heterocycles. The lowest BCUT2D eigenvalue weighted by atomic mass is 10.1. The molecule has 5 heteroatoms. The molecule has 0 bridgehead atoms. The van der Waals surface area contributed by atoms with Crippen LogP contribution in [0.1, 0.15) is 16.9 Å². The predicted molar refractivity (Wildman–Crippen MR) is 105 cm³/mol. The summed E-state index contributed by atoms with van der Waals surface area (Å²) in [6.45, 7) is 2.24. The maximum absolute atomic E-state index is 9.50. The largest absolute Gasteiger partial charge is 0.508 e. The number of furan rings is 1. The zero-order valence-corrected chi connectivity index (χ0v) is 15.8. The van der Waals surface area contributed by atoms with Gasteiger partial charge in [-0.15, -0.1) is 11.8 Å². The Morgan fingerprint density at radius 2 is 1.73 bits per heavy atom. The van der Waals surface area contributed by atoms with E-state index in [-0.39, 0.29) is 5.75 Å². The minimum Gasteiger partial charge on any atom is -0.508 e. The van der Waals surface area contributed by atoms with Crippen LogP contribution in [0.15, 0.2) is 70.2 Å². The normalized spacial score (nSPS) is 11.0. The molecule has 0 aliphatic carbocycles. The van der Waals surface area contributed by atoms with E-state index in [1.165, 1.54) is 5.56 Å². The summed E-state index contributed by atoms with van der Waals surface area (Å²) in [6.07, 6.45) is 3.75. The van der Waals surface area contributed by atoms with Crippen LogP contribution in [0.5, 0.6) is 11.5 Å². The van der Waals surface area contributed by atoms with Gasteiger partial charge in [0.25, 0.3) is 0 Å². The van der Waals surface area contributed by atoms with Gasteiger partial charge in [0.05, 0.1) is 19.9 Å². The maximum Gasteiger partial charge on any atom is 0.132 e. The number of hydrogen-bond acceptors (Lipinski definition) is 5. The number of methoxy groups -OCH3 is 1. The molecule has 0 atom stereocenters. The van der Waals surface area contributed by atoms with Crippen LogP contribution in [0.3, 0.4) is 0 Å². The van der Waals surface area contributed by atoms with Crippen LogP contribution in [-0.4, -0.2) is 23.4 Å². The molecule has 2 aromatic carbocycles. The monoisotopic (exact) mass is 369 g/mol. The van der Waals surface area contributed by atoms with E-state index in [4.69, 9.17) is 9.15 Å². The summed E-state index contributed by atoms with van der Waals surface area (Å²) in [4.78, 5) is 3.44. The van der Waals surface area contributed by atoms with Crippen LogP contribution < -0.4 is 4.74 Å². The summed E-state index contributed by atoms with van der Waals surface area (Å²) in [6, 6.07) is 17.6. The van der Waals surface area contributed by atoms with Crippen molar-refractivity contribution < 1.29 is 14.3 Å².